The number of nitrogens with zero attached hydrogens (tertiary/aromatic N) is 4. The van der Waals surface area contributed by atoms with Crippen LogP contribution in [0, 0.1) is 0 Å². The molecule has 1 fully saturated rings. The minimum atomic E-state index is -0.523. The van der Waals surface area contributed by atoms with Crippen LogP contribution in [-0.4, -0.2) is 81.0 Å². The van der Waals surface area contributed by atoms with Gasteiger partial charge in [0, 0.05) is 57.9 Å². The number of anilines is 1. The van der Waals surface area contributed by atoms with E-state index in [1.54, 1.807) is 14.2 Å². The Kier molecular flexibility index (Phi) is 8.25. The number of piperazine rings is 1. The molecular weight excluding hydrogens is 450 g/mol. The van der Waals surface area contributed by atoms with Crippen LogP contribution in [0.25, 0.3) is 0 Å². The lowest BCUT2D eigenvalue weighted by Crippen LogP contribution is -2.45. The van der Waals surface area contributed by atoms with Crippen molar-refractivity contribution in [1.29, 1.82) is 0 Å². The van der Waals surface area contributed by atoms with Gasteiger partial charge in [0.05, 0.1) is 12.8 Å². The van der Waals surface area contributed by atoms with Gasteiger partial charge in [-0.05, 0) is 32.9 Å². The van der Waals surface area contributed by atoms with E-state index in [1.807, 2.05) is 25.1 Å². The molecule has 1 aromatic carbocycles. The number of carbonyl (C=O) groups is 1. The Morgan fingerprint density at radius 1 is 1.26 bits per heavy atom. The zero-order chi connectivity index (χ0) is 24.8. The van der Waals surface area contributed by atoms with Gasteiger partial charge in [-0.2, -0.15) is 4.98 Å². The molecule has 3 heterocycles. The summed E-state index contributed by atoms with van der Waals surface area (Å²) in [5.74, 6) is 2.56. The Labute approximate surface area is 206 Å². The first-order valence-corrected chi connectivity index (χ1v) is 12.0. The zero-order valence-corrected chi connectivity index (χ0v) is 21.0. The highest BCUT2D eigenvalue weighted by Gasteiger charge is 2.30. The summed E-state index contributed by atoms with van der Waals surface area (Å²) in [6.45, 7) is 6.47. The van der Waals surface area contributed by atoms with E-state index in [-0.39, 0.29) is 5.91 Å². The number of rotatable bonds is 9. The SMILES string of the molecule is COCc1nc(C/C(C)=C/CNC(=O)C2CCc3cc(OC)cc(N4CCN(C)CC4)c3O2)no1. The summed E-state index contributed by atoms with van der Waals surface area (Å²) in [6, 6.07) is 4.04. The van der Waals surface area contributed by atoms with Gasteiger partial charge in [0.25, 0.3) is 11.8 Å². The second kappa shape index (κ2) is 11.5. The molecule has 0 radical (unpaired) electrons. The zero-order valence-electron chi connectivity index (χ0n) is 21.0. The number of benzene rings is 1. The van der Waals surface area contributed by atoms with Crippen molar-refractivity contribution in [2.45, 2.75) is 38.9 Å². The molecule has 2 aromatic rings. The van der Waals surface area contributed by atoms with Crippen LogP contribution in [0.15, 0.2) is 28.3 Å². The topological polar surface area (TPSA) is 102 Å². The third-order valence-corrected chi connectivity index (χ3v) is 6.37. The van der Waals surface area contributed by atoms with E-state index >= 15 is 0 Å². The minimum absolute atomic E-state index is 0.109. The van der Waals surface area contributed by atoms with E-state index in [4.69, 9.17) is 18.7 Å². The summed E-state index contributed by atoms with van der Waals surface area (Å²) in [6.07, 6.45) is 3.38. The third kappa shape index (κ3) is 6.32. The summed E-state index contributed by atoms with van der Waals surface area (Å²) < 4.78 is 21.9. The highest BCUT2D eigenvalue weighted by Crippen LogP contribution is 2.41. The molecule has 1 unspecified atom stereocenters. The predicted molar refractivity (Wildman–Crippen MR) is 131 cm³/mol. The third-order valence-electron chi connectivity index (χ3n) is 6.37. The first-order chi connectivity index (χ1) is 17.0. The van der Waals surface area contributed by atoms with Crippen LogP contribution >= 0.6 is 0 Å². The summed E-state index contributed by atoms with van der Waals surface area (Å²) in [4.78, 5) is 21.8. The van der Waals surface area contributed by atoms with Gasteiger partial charge in [0.15, 0.2) is 11.9 Å². The van der Waals surface area contributed by atoms with Crippen LogP contribution < -0.4 is 19.7 Å². The number of fused-ring (bicyclic) bond motifs is 1. The molecule has 1 aromatic heterocycles. The number of amides is 1. The lowest BCUT2D eigenvalue weighted by molar-refractivity contribution is -0.128. The molecule has 0 saturated carbocycles. The van der Waals surface area contributed by atoms with Crippen molar-refractivity contribution in [2.75, 3.05) is 58.9 Å². The van der Waals surface area contributed by atoms with Gasteiger partial charge >= 0.3 is 0 Å². The summed E-state index contributed by atoms with van der Waals surface area (Å²) in [7, 11) is 5.39. The van der Waals surface area contributed by atoms with Crippen molar-refractivity contribution in [1.82, 2.24) is 20.4 Å². The Morgan fingerprint density at radius 3 is 2.80 bits per heavy atom. The van der Waals surface area contributed by atoms with Crippen LogP contribution in [0.5, 0.6) is 11.5 Å². The van der Waals surface area contributed by atoms with Gasteiger partial charge in [0.1, 0.15) is 18.1 Å². The van der Waals surface area contributed by atoms with Crippen molar-refractivity contribution in [3.8, 4) is 11.5 Å². The number of nitrogens with one attached hydrogen (secondary N) is 1. The molecule has 10 heteroatoms. The number of aromatic nitrogens is 2. The van der Waals surface area contributed by atoms with E-state index in [0.29, 0.717) is 37.7 Å². The van der Waals surface area contributed by atoms with Crippen LogP contribution in [0.2, 0.25) is 0 Å². The number of ether oxygens (including phenoxy) is 3. The molecule has 10 nitrogen and oxygen atoms in total. The Balaban J connectivity index is 1.36. The maximum atomic E-state index is 12.9. The molecule has 4 rings (SSSR count). The van der Waals surface area contributed by atoms with E-state index in [1.165, 1.54) is 0 Å². The maximum Gasteiger partial charge on any atom is 0.261 e. The van der Waals surface area contributed by atoms with Crippen LogP contribution in [0.1, 0.15) is 30.6 Å². The summed E-state index contributed by atoms with van der Waals surface area (Å²) in [5.41, 5.74) is 3.13. The Hall–Kier alpha value is -3.11. The summed E-state index contributed by atoms with van der Waals surface area (Å²) in [5, 5.41) is 6.93. The first kappa shape index (κ1) is 25.0. The highest BCUT2D eigenvalue weighted by atomic mass is 16.5. The van der Waals surface area contributed by atoms with Gasteiger partial charge in [-0.3, -0.25) is 4.79 Å². The first-order valence-electron chi connectivity index (χ1n) is 12.0. The van der Waals surface area contributed by atoms with Gasteiger partial charge in [0.2, 0.25) is 0 Å². The van der Waals surface area contributed by atoms with Gasteiger partial charge in [-0.1, -0.05) is 16.8 Å². The standard InChI is InChI=1S/C25H35N5O5/c1-17(13-22-27-23(16-32-3)35-28-22)7-8-26-25(31)21-6-5-18-14-19(33-4)15-20(24(18)34-21)30-11-9-29(2)10-12-30/h7,14-15,21H,5-6,8-13,16H2,1-4H3,(H,26,31)/b17-7+. The average Bonchev–Trinajstić information content (AvgIpc) is 3.30. The minimum Gasteiger partial charge on any atom is -0.497 e. The smallest absolute Gasteiger partial charge is 0.261 e. The molecule has 0 spiro atoms. The number of likely N-dealkylation sites (N-methyl/N-ethyl adjacent to an activating group) is 1. The van der Waals surface area contributed by atoms with E-state index in [2.05, 4.69) is 32.3 Å². The average molecular weight is 486 g/mol. The normalized spacial score (nSPS) is 18.7. The van der Waals surface area contributed by atoms with Crippen molar-refractivity contribution >= 4 is 11.6 Å². The van der Waals surface area contributed by atoms with E-state index < -0.39 is 6.10 Å². The molecule has 190 valence electrons. The van der Waals surface area contributed by atoms with E-state index in [9.17, 15) is 4.79 Å². The van der Waals surface area contributed by atoms with Gasteiger partial charge < -0.3 is 33.9 Å². The van der Waals surface area contributed by atoms with Gasteiger partial charge in [-0.25, -0.2) is 0 Å². The second-order valence-electron chi connectivity index (χ2n) is 9.08. The number of methoxy groups -OCH3 is 2. The summed E-state index contributed by atoms with van der Waals surface area (Å²) >= 11 is 0. The van der Waals surface area contributed by atoms with Crippen molar-refractivity contribution in [2.24, 2.45) is 0 Å². The molecule has 2 aliphatic heterocycles. The molecule has 1 atom stereocenters. The fraction of sp³-hybridized carbons (Fsp3) is 0.560. The number of aryl methyl sites for hydroxylation is 1. The lowest BCUT2D eigenvalue weighted by Gasteiger charge is -2.37. The number of allylic oxidation sites excluding steroid dienone is 1. The molecule has 1 amide bonds. The van der Waals surface area contributed by atoms with Crippen molar-refractivity contribution < 1.29 is 23.5 Å². The lowest BCUT2D eigenvalue weighted by atomic mass is 9.99. The van der Waals surface area contributed by atoms with Crippen LogP contribution in [0.3, 0.4) is 0 Å². The monoisotopic (exact) mass is 485 g/mol. The van der Waals surface area contributed by atoms with E-state index in [0.717, 1.165) is 60.9 Å². The number of hydrogen-bond acceptors (Lipinski definition) is 9. The van der Waals surface area contributed by atoms with Crippen LogP contribution in [0.4, 0.5) is 5.69 Å². The fourth-order valence-corrected chi connectivity index (χ4v) is 4.34. The largest absolute Gasteiger partial charge is 0.497 e. The maximum absolute atomic E-state index is 12.9. The predicted octanol–water partition coefficient (Wildman–Crippen LogP) is 1.98. The molecule has 1 N–H and O–H groups in total. The van der Waals surface area contributed by atoms with Crippen molar-refractivity contribution in [3.63, 3.8) is 0 Å². The molecule has 2 aliphatic rings. The van der Waals surface area contributed by atoms with Crippen molar-refractivity contribution in [3.05, 3.63) is 41.1 Å². The quantitative estimate of drug-likeness (QED) is 0.534. The Bertz CT molecular complexity index is 1040. The number of hydrogen-bond donors (Lipinski definition) is 1. The highest BCUT2D eigenvalue weighted by molar-refractivity contribution is 5.82. The fourth-order valence-electron chi connectivity index (χ4n) is 4.34. The molecule has 1 saturated heterocycles. The van der Waals surface area contributed by atoms with Crippen LogP contribution in [-0.2, 0) is 29.0 Å². The second-order valence-corrected chi connectivity index (χ2v) is 9.08. The van der Waals surface area contributed by atoms with Gasteiger partial charge in [-0.15, -0.1) is 0 Å². The number of carbonyl (C=O) groups excluding carboxylic acids is 1. The molecular formula is C25H35N5O5. The molecule has 0 bridgehead atoms. The Morgan fingerprint density at radius 2 is 2.06 bits per heavy atom. The molecule has 0 aliphatic carbocycles. The molecule has 35 heavy (non-hydrogen) atoms.